The van der Waals surface area contributed by atoms with Crippen LogP contribution in [0.5, 0.6) is 5.75 Å². The summed E-state index contributed by atoms with van der Waals surface area (Å²) in [7, 11) is 0. The predicted octanol–water partition coefficient (Wildman–Crippen LogP) is 4.46. The molecule has 0 bridgehead atoms. The predicted molar refractivity (Wildman–Crippen MR) is 72.8 cm³/mol. The fourth-order valence-corrected chi connectivity index (χ4v) is 1.68. The van der Waals surface area contributed by atoms with Gasteiger partial charge in [0.25, 0.3) is 0 Å². The highest BCUT2D eigenvalue weighted by atomic mass is 19.3. The highest BCUT2D eigenvalue weighted by molar-refractivity contribution is 6.06. The third-order valence-corrected chi connectivity index (χ3v) is 2.74. The van der Waals surface area contributed by atoms with Gasteiger partial charge < -0.3 is 4.74 Å². The van der Waals surface area contributed by atoms with Gasteiger partial charge in [0.2, 0.25) is 0 Å². The molecule has 0 aromatic heterocycles. The van der Waals surface area contributed by atoms with Crippen LogP contribution in [0, 0.1) is 11.6 Å². The molecule has 114 valence electrons. The van der Waals surface area contributed by atoms with Gasteiger partial charge in [0.15, 0.2) is 17.4 Å². The first kappa shape index (κ1) is 15.8. The van der Waals surface area contributed by atoms with E-state index in [4.69, 9.17) is 0 Å². The zero-order chi connectivity index (χ0) is 16.1. The van der Waals surface area contributed by atoms with Crippen molar-refractivity contribution in [2.75, 3.05) is 0 Å². The second kappa shape index (κ2) is 6.89. The Morgan fingerprint density at radius 1 is 1.00 bits per heavy atom. The second-order valence-corrected chi connectivity index (χ2v) is 4.27. The van der Waals surface area contributed by atoms with Gasteiger partial charge in [-0.1, -0.05) is 18.2 Å². The van der Waals surface area contributed by atoms with Crippen molar-refractivity contribution in [3.05, 3.63) is 71.3 Å². The SMILES string of the molecule is O=C(/C=C/c1ccc(OC(F)F)cc1)c1ccc(F)c(F)c1. The summed E-state index contributed by atoms with van der Waals surface area (Å²) in [4.78, 5) is 11.8. The summed E-state index contributed by atoms with van der Waals surface area (Å²) in [5, 5.41) is 0. The highest BCUT2D eigenvalue weighted by Gasteiger charge is 2.07. The zero-order valence-electron chi connectivity index (χ0n) is 11.1. The highest BCUT2D eigenvalue weighted by Crippen LogP contribution is 2.16. The Balaban J connectivity index is 2.07. The molecule has 2 aromatic rings. The summed E-state index contributed by atoms with van der Waals surface area (Å²) in [5.41, 5.74) is 0.574. The summed E-state index contributed by atoms with van der Waals surface area (Å²) in [6, 6.07) is 8.46. The molecule has 0 saturated heterocycles. The summed E-state index contributed by atoms with van der Waals surface area (Å²) in [6.07, 6.45) is 2.60. The molecule has 22 heavy (non-hydrogen) atoms. The van der Waals surface area contributed by atoms with Crippen molar-refractivity contribution >= 4 is 11.9 Å². The number of alkyl halides is 2. The van der Waals surface area contributed by atoms with Crippen molar-refractivity contribution in [3.8, 4) is 5.75 Å². The van der Waals surface area contributed by atoms with Gasteiger partial charge in [0.1, 0.15) is 5.75 Å². The topological polar surface area (TPSA) is 26.3 Å². The molecular weight excluding hydrogens is 300 g/mol. The van der Waals surface area contributed by atoms with Crippen molar-refractivity contribution in [3.63, 3.8) is 0 Å². The smallest absolute Gasteiger partial charge is 0.387 e. The molecule has 2 aromatic carbocycles. The van der Waals surface area contributed by atoms with Crippen LogP contribution >= 0.6 is 0 Å². The van der Waals surface area contributed by atoms with Gasteiger partial charge in [0, 0.05) is 5.56 Å². The molecule has 6 heteroatoms. The summed E-state index contributed by atoms with van der Waals surface area (Å²) < 4.78 is 54.0. The molecular formula is C16H10F4O2. The first-order valence-corrected chi connectivity index (χ1v) is 6.18. The van der Waals surface area contributed by atoms with Crippen molar-refractivity contribution in [2.45, 2.75) is 6.61 Å². The van der Waals surface area contributed by atoms with Crippen LogP contribution in [0.15, 0.2) is 48.5 Å². The van der Waals surface area contributed by atoms with E-state index in [9.17, 15) is 22.4 Å². The minimum Gasteiger partial charge on any atom is -0.435 e. The van der Waals surface area contributed by atoms with Crippen LogP contribution in [-0.4, -0.2) is 12.4 Å². The van der Waals surface area contributed by atoms with E-state index in [2.05, 4.69) is 4.74 Å². The molecule has 0 aliphatic carbocycles. The second-order valence-electron chi connectivity index (χ2n) is 4.27. The number of allylic oxidation sites excluding steroid dienone is 1. The van der Waals surface area contributed by atoms with Crippen LogP contribution in [-0.2, 0) is 0 Å². The van der Waals surface area contributed by atoms with Gasteiger partial charge in [-0.05, 0) is 42.0 Å². The van der Waals surface area contributed by atoms with E-state index in [1.807, 2.05) is 0 Å². The molecule has 0 radical (unpaired) electrons. The Hall–Kier alpha value is -2.63. The van der Waals surface area contributed by atoms with Crippen LogP contribution < -0.4 is 4.74 Å². The van der Waals surface area contributed by atoms with E-state index in [0.717, 1.165) is 12.1 Å². The monoisotopic (exact) mass is 310 g/mol. The number of carbonyl (C=O) groups is 1. The third-order valence-electron chi connectivity index (χ3n) is 2.74. The Bertz CT molecular complexity index is 694. The molecule has 0 saturated carbocycles. The van der Waals surface area contributed by atoms with E-state index in [0.29, 0.717) is 5.56 Å². The first-order chi connectivity index (χ1) is 10.5. The Morgan fingerprint density at radius 3 is 2.27 bits per heavy atom. The molecule has 0 aliphatic heterocycles. The molecule has 2 rings (SSSR count). The average Bonchev–Trinajstić information content (AvgIpc) is 2.48. The standard InChI is InChI=1S/C16H10F4O2/c17-13-7-4-11(9-14(13)18)15(21)8-3-10-1-5-12(6-2-10)22-16(19)20/h1-9,16H/b8-3+. The average molecular weight is 310 g/mol. The minimum absolute atomic E-state index is 0.000850. The molecule has 0 spiro atoms. The number of ether oxygens (including phenoxy) is 1. The van der Waals surface area contributed by atoms with Gasteiger partial charge in [-0.15, -0.1) is 0 Å². The maximum absolute atomic E-state index is 13.0. The maximum Gasteiger partial charge on any atom is 0.387 e. The molecule has 0 atom stereocenters. The van der Waals surface area contributed by atoms with E-state index in [-0.39, 0.29) is 11.3 Å². The van der Waals surface area contributed by atoms with E-state index >= 15 is 0 Å². The number of carbonyl (C=O) groups excluding carboxylic acids is 1. The summed E-state index contributed by atoms with van der Waals surface area (Å²) in [5.74, 6) is -2.64. The molecule has 0 amide bonds. The molecule has 0 N–H and O–H groups in total. The molecule has 0 unspecified atom stereocenters. The molecule has 0 fully saturated rings. The lowest BCUT2D eigenvalue weighted by Gasteiger charge is -2.03. The van der Waals surface area contributed by atoms with E-state index in [1.165, 1.54) is 42.5 Å². The van der Waals surface area contributed by atoms with Crippen LogP contribution in [0.4, 0.5) is 17.6 Å². The Labute approximate surface area is 123 Å². The molecule has 0 heterocycles. The van der Waals surface area contributed by atoms with Gasteiger partial charge in [-0.3, -0.25) is 4.79 Å². The third kappa shape index (κ3) is 4.18. The first-order valence-electron chi connectivity index (χ1n) is 6.18. The van der Waals surface area contributed by atoms with Crippen molar-refractivity contribution in [2.24, 2.45) is 0 Å². The minimum atomic E-state index is -2.91. The largest absolute Gasteiger partial charge is 0.435 e. The van der Waals surface area contributed by atoms with Gasteiger partial charge >= 0.3 is 6.61 Å². The van der Waals surface area contributed by atoms with Crippen LogP contribution in [0.3, 0.4) is 0 Å². The van der Waals surface area contributed by atoms with E-state index < -0.39 is 24.0 Å². The number of rotatable bonds is 5. The Kier molecular flexibility index (Phi) is 4.93. The van der Waals surface area contributed by atoms with Gasteiger partial charge in [0.05, 0.1) is 0 Å². The lowest BCUT2D eigenvalue weighted by molar-refractivity contribution is -0.0498. The lowest BCUT2D eigenvalue weighted by atomic mass is 10.1. The van der Waals surface area contributed by atoms with Gasteiger partial charge in [-0.2, -0.15) is 8.78 Å². The Morgan fingerprint density at radius 2 is 1.68 bits per heavy atom. The van der Waals surface area contributed by atoms with Crippen LogP contribution in [0.1, 0.15) is 15.9 Å². The van der Waals surface area contributed by atoms with Gasteiger partial charge in [-0.25, -0.2) is 8.78 Å². The van der Waals surface area contributed by atoms with Crippen LogP contribution in [0.2, 0.25) is 0 Å². The maximum atomic E-state index is 13.0. The van der Waals surface area contributed by atoms with Crippen molar-refractivity contribution in [1.82, 2.24) is 0 Å². The van der Waals surface area contributed by atoms with Crippen molar-refractivity contribution < 1.29 is 27.1 Å². The van der Waals surface area contributed by atoms with E-state index in [1.54, 1.807) is 0 Å². The molecule has 2 nitrogen and oxygen atoms in total. The number of hydrogen-bond donors (Lipinski definition) is 0. The van der Waals surface area contributed by atoms with Crippen molar-refractivity contribution in [1.29, 1.82) is 0 Å². The number of hydrogen-bond acceptors (Lipinski definition) is 2. The lowest BCUT2D eigenvalue weighted by Crippen LogP contribution is -2.01. The number of ketones is 1. The summed E-state index contributed by atoms with van der Waals surface area (Å²) in [6.45, 7) is -2.91. The fourth-order valence-electron chi connectivity index (χ4n) is 1.68. The summed E-state index contributed by atoms with van der Waals surface area (Å²) >= 11 is 0. The zero-order valence-corrected chi connectivity index (χ0v) is 11.1. The number of benzene rings is 2. The normalized spacial score (nSPS) is 11.1. The molecule has 0 aliphatic rings. The quantitative estimate of drug-likeness (QED) is 0.463. The van der Waals surface area contributed by atoms with Crippen LogP contribution in [0.25, 0.3) is 6.08 Å². The number of halogens is 4. The fraction of sp³-hybridized carbons (Fsp3) is 0.0625.